The van der Waals surface area contributed by atoms with E-state index in [1.165, 1.54) is 0 Å². The quantitative estimate of drug-likeness (QED) is 0.804. The average Bonchev–Trinajstić information content (AvgIpc) is 3.02. The molecule has 0 spiro atoms. The molecule has 0 saturated carbocycles. The zero-order valence-electron chi connectivity index (χ0n) is 13.0. The number of amides is 1. The molecule has 2 rings (SSSR count). The molecular weight excluding hydrogens is 266 g/mol. The first kappa shape index (κ1) is 15.4. The molecule has 0 N–H and O–H groups in total. The van der Waals surface area contributed by atoms with Crippen LogP contribution in [0.2, 0.25) is 0 Å². The third kappa shape index (κ3) is 3.78. The molecule has 5 heteroatoms. The van der Waals surface area contributed by atoms with Gasteiger partial charge < -0.3 is 9.30 Å². The van der Waals surface area contributed by atoms with Crippen molar-refractivity contribution in [2.75, 3.05) is 6.54 Å². The van der Waals surface area contributed by atoms with Gasteiger partial charge in [-0.2, -0.15) is 0 Å². The van der Waals surface area contributed by atoms with Crippen LogP contribution in [0, 0.1) is 12.3 Å². The minimum absolute atomic E-state index is 0.0279. The molecule has 0 bridgehead atoms. The highest BCUT2D eigenvalue weighted by Crippen LogP contribution is 2.33. The Hall–Kier alpha value is -1.96. The topological polar surface area (TPSA) is 47.4 Å². The van der Waals surface area contributed by atoms with Crippen LogP contribution in [0.1, 0.15) is 51.8 Å². The number of likely N-dealkylation sites (tertiary alicyclic amines) is 1. The number of hydrogen-bond donors (Lipinski definition) is 0. The Morgan fingerprint density at radius 2 is 2.33 bits per heavy atom. The minimum atomic E-state index is -0.478. The first-order valence-electron chi connectivity index (χ1n) is 7.35. The van der Waals surface area contributed by atoms with Crippen LogP contribution in [0.15, 0.2) is 12.5 Å². The number of aromatic nitrogens is 2. The number of ether oxygens (including phenoxy) is 1. The summed E-state index contributed by atoms with van der Waals surface area (Å²) in [5.74, 6) is 2.63. The monoisotopic (exact) mass is 289 g/mol. The van der Waals surface area contributed by atoms with Crippen molar-refractivity contribution in [1.29, 1.82) is 0 Å². The van der Waals surface area contributed by atoms with Crippen molar-refractivity contribution in [1.82, 2.24) is 14.5 Å². The summed E-state index contributed by atoms with van der Waals surface area (Å²) in [6.45, 7) is 7.10. The van der Waals surface area contributed by atoms with Crippen LogP contribution in [0.3, 0.4) is 0 Å². The van der Waals surface area contributed by atoms with Gasteiger partial charge in [-0.05, 0) is 33.6 Å². The summed E-state index contributed by atoms with van der Waals surface area (Å²) in [6, 6.07) is 0.0279. The van der Waals surface area contributed by atoms with E-state index in [0.717, 1.165) is 31.6 Å². The lowest BCUT2D eigenvalue weighted by molar-refractivity contribution is 0.0219. The molecule has 2 heterocycles. The van der Waals surface area contributed by atoms with Gasteiger partial charge in [-0.25, -0.2) is 9.78 Å². The second-order valence-corrected chi connectivity index (χ2v) is 6.30. The number of rotatable bonds is 3. The van der Waals surface area contributed by atoms with E-state index in [2.05, 4.69) is 10.9 Å². The zero-order chi connectivity index (χ0) is 15.5. The fraction of sp³-hybridized carbons (Fsp3) is 0.625. The van der Waals surface area contributed by atoms with Gasteiger partial charge in [0.2, 0.25) is 0 Å². The Labute approximate surface area is 126 Å². The number of aryl methyl sites for hydroxylation is 1. The highest BCUT2D eigenvalue weighted by Gasteiger charge is 2.34. The maximum atomic E-state index is 12.3. The standard InChI is InChI=1S/C16H23N3O2/c1-5-6-9-18-12-17-11-14(18)13-8-7-10-19(13)15(20)21-16(2,3)4/h1,11-13H,6-10H2,2-4H3/t13-/m0/s1. The molecule has 114 valence electrons. The number of hydrogen-bond acceptors (Lipinski definition) is 3. The SMILES string of the molecule is C#CCCn1cncc1[C@@H]1CCCN1C(=O)OC(C)(C)C. The second kappa shape index (κ2) is 6.21. The first-order chi connectivity index (χ1) is 9.92. The molecule has 1 amide bonds. The summed E-state index contributed by atoms with van der Waals surface area (Å²) in [5.41, 5.74) is 0.558. The van der Waals surface area contributed by atoms with Gasteiger partial charge >= 0.3 is 6.09 Å². The van der Waals surface area contributed by atoms with E-state index in [1.807, 2.05) is 31.5 Å². The van der Waals surface area contributed by atoms with Gasteiger partial charge in [0.05, 0.1) is 24.3 Å². The number of carbonyl (C=O) groups is 1. The molecule has 1 aromatic heterocycles. The van der Waals surface area contributed by atoms with Gasteiger partial charge in [0.15, 0.2) is 0 Å². The van der Waals surface area contributed by atoms with Gasteiger partial charge in [-0.15, -0.1) is 12.3 Å². The minimum Gasteiger partial charge on any atom is -0.444 e. The number of imidazole rings is 1. The van der Waals surface area contributed by atoms with Crippen LogP contribution in [-0.4, -0.2) is 32.7 Å². The van der Waals surface area contributed by atoms with E-state index in [4.69, 9.17) is 11.2 Å². The van der Waals surface area contributed by atoms with Crippen molar-refractivity contribution >= 4 is 6.09 Å². The van der Waals surface area contributed by atoms with Crippen LogP contribution < -0.4 is 0 Å². The van der Waals surface area contributed by atoms with Crippen LogP contribution in [0.4, 0.5) is 4.79 Å². The molecule has 1 aromatic rings. The van der Waals surface area contributed by atoms with Crippen molar-refractivity contribution in [3.63, 3.8) is 0 Å². The maximum absolute atomic E-state index is 12.3. The second-order valence-electron chi connectivity index (χ2n) is 6.30. The molecule has 5 nitrogen and oxygen atoms in total. The predicted molar refractivity (Wildman–Crippen MR) is 80.6 cm³/mol. The highest BCUT2D eigenvalue weighted by molar-refractivity contribution is 5.69. The highest BCUT2D eigenvalue weighted by atomic mass is 16.6. The van der Waals surface area contributed by atoms with E-state index < -0.39 is 5.60 Å². The molecule has 1 atom stereocenters. The van der Waals surface area contributed by atoms with Crippen molar-refractivity contribution in [2.24, 2.45) is 0 Å². The lowest BCUT2D eigenvalue weighted by Crippen LogP contribution is -2.37. The van der Waals surface area contributed by atoms with Gasteiger partial charge in [-0.3, -0.25) is 4.90 Å². The third-order valence-corrected chi connectivity index (χ3v) is 3.46. The summed E-state index contributed by atoms with van der Waals surface area (Å²) in [6.07, 6.45) is 11.2. The molecular formula is C16H23N3O2. The van der Waals surface area contributed by atoms with Gasteiger partial charge in [-0.1, -0.05) is 0 Å². The summed E-state index contributed by atoms with van der Waals surface area (Å²) in [5, 5.41) is 0. The smallest absolute Gasteiger partial charge is 0.410 e. The third-order valence-electron chi connectivity index (χ3n) is 3.46. The van der Waals surface area contributed by atoms with Crippen LogP contribution >= 0.6 is 0 Å². The van der Waals surface area contributed by atoms with Crippen molar-refractivity contribution < 1.29 is 9.53 Å². The fourth-order valence-corrected chi connectivity index (χ4v) is 2.59. The molecule has 0 unspecified atom stereocenters. The summed E-state index contributed by atoms with van der Waals surface area (Å²) < 4.78 is 7.53. The van der Waals surface area contributed by atoms with E-state index in [0.29, 0.717) is 6.42 Å². The van der Waals surface area contributed by atoms with E-state index in [1.54, 1.807) is 11.2 Å². The van der Waals surface area contributed by atoms with Gasteiger partial charge in [0.1, 0.15) is 5.60 Å². The Morgan fingerprint density at radius 3 is 3.00 bits per heavy atom. The number of nitrogens with zero attached hydrogens (tertiary/aromatic N) is 3. The average molecular weight is 289 g/mol. The van der Waals surface area contributed by atoms with E-state index in [9.17, 15) is 4.79 Å². The normalized spacial score (nSPS) is 18.6. The van der Waals surface area contributed by atoms with Crippen LogP contribution in [0.5, 0.6) is 0 Å². The van der Waals surface area contributed by atoms with Crippen LogP contribution in [-0.2, 0) is 11.3 Å². The van der Waals surface area contributed by atoms with E-state index >= 15 is 0 Å². The molecule has 1 aliphatic heterocycles. The molecule has 1 saturated heterocycles. The van der Waals surface area contributed by atoms with Crippen LogP contribution in [0.25, 0.3) is 0 Å². The molecule has 0 aliphatic carbocycles. The largest absolute Gasteiger partial charge is 0.444 e. The van der Waals surface area contributed by atoms with Crippen molar-refractivity contribution in [3.05, 3.63) is 18.2 Å². The number of terminal acetylenes is 1. The Balaban J connectivity index is 2.14. The summed E-state index contributed by atoms with van der Waals surface area (Å²) in [7, 11) is 0. The summed E-state index contributed by atoms with van der Waals surface area (Å²) >= 11 is 0. The fourth-order valence-electron chi connectivity index (χ4n) is 2.59. The molecule has 21 heavy (non-hydrogen) atoms. The Bertz CT molecular complexity index is 536. The predicted octanol–water partition coefficient (Wildman–Crippen LogP) is 2.98. The van der Waals surface area contributed by atoms with Gasteiger partial charge in [0.25, 0.3) is 0 Å². The lowest BCUT2D eigenvalue weighted by atomic mass is 10.1. The summed E-state index contributed by atoms with van der Waals surface area (Å²) in [4.78, 5) is 18.3. The zero-order valence-corrected chi connectivity index (χ0v) is 13.0. The lowest BCUT2D eigenvalue weighted by Gasteiger charge is -2.29. The van der Waals surface area contributed by atoms with E-state index in [-0.39, 0.29) is 12.1 Å². The number of carbonyl (C=O) groups excluding carboxylic acids is 1. The van der Waals surface area contributed by atoms with Gasteiger partial charge in [0, 0.05) is 19.5 Å². The maximum Gasteiger partial charge on any atom is 0.410 e. The molecule has 1 fully saturated rings. The first-order valence-corrected chi connectivity index (χ1v) is 7.35. The Kier molecular flexibility index (Phi) is 4.56. The molecule has 0 radical (unpaired) electrons. The molecule has 0 aromatic carbocycles. The Morgan fingerprint density at radius 1 is 1.57 bits per heavy atom. The van der Waals surface area contributed by atoms with Crippen molar-refractivity contribution in [2.45, 2.75) is 58.2 Å². The molecule has 1 aliphatic rings. The van der Waals surface area contributed by atoms with Crippen molar-refractivity contribution in [3.8, 4) is 12.3 Å².